The molecule has 42 heavy (non-hydrogen) atoms. The molecule has 14 heteroatoms. The third-order valence-electron chi connectivity index (χ3n) is 6.38. The Labute approximate surface area is 260 Å². The van der Waals surface area contributed by atoms with E-state index in [1.807, 2.05) is 0 Å². The number of nitrogens with zero attached hydrogens (tertiary/aromatic N) is 2. The number of nitrogens with one attached hydrogen (secondary N) is 1. The number of halogens is 3. The molecule has 0 saturated heterocycles. The quantitative estimate of drug-likeness (QED) is 0.290. The smallest absolute Gasteiger partial charge is 0.265 e. The zero-order valence-corrected chi connectivity index (χ0v) is 26.6. The van der Waals surface area contributed by atoms with E-state index in [1.165, 1.54) is 76.6 Å². The highest BCUT2D eigenvalue weighted by Crippen LogP contribution is 2.37. The van der Waals surface area contributed by atoms with Crippen LogP contribution in [0, 0.1) is 0 Å². The largest absolute Gasteiger partial charge is 0.495 e. The van der Waals surface area contributed by atoms with E-state index in [0.717, 1.165) is 4.31 Å². The average Bonchev–Trinajstić information content (AvgIpc) is 2.98. The summed E-state index contributed by atoms with van der Waals surface area (Å²) in [5.41, 5.74) is 0.582. The summed E-state index contributed by atoms with van der Waals surface area (Å²) in [5.74, 6) is -0.531. The van der Waals surface area contributed by atoms with Gasteiger partial charge in [0.05, 0.1) is 42.0 Å². The van der Waals surface area contributed by atoms with Crippen molar-refractivity contribution >= 4 is 62.3 Å². The van der Waals surface area contributed by atoms with Gasteiger partial charge in [-0.1, -0.05) is 40.9 Å². The number of benzene rings is 3. The Morgan fingerprint density at radius 3 is 2.10 bits per heavy atom. The molecule has 0 unspecified atom stereocenters. The van der Waals surface area contributed by atoms with Crippen LogP contribution in [0.3, 0.4) is 0 Å². The number of amides is 2. The zero-order chi connectivity index (χ0) is 31.2. The Bertz CT molecular complexity index is 1570. The fourth-order valence-electron chi connectivity index (χ4n) is 4.10. The van der Waals surface area contributed by atoms with Crippen LogP contribution in [0.4, 0.5) is 5.69 Å². The summed E-state index contributed by atoms with van der Waals surface area (Å²) < 4.78 is 45.2. The van der Waals surface area contributed by atoms with Gasteiger partial charge in [-0.2, -0.15) is 0 Å². The van der Waals surface area contributed by atoms with E-state index >= 15 is 0 Å². The molecule has 1 N–H and O–H groups in total. The number of anilines is 1. The third-order valence-corrected chi connectivity index (χ3v) is 9.11. The first kappa shape index (κ1) is 33.1. The Morgan fingerprint density at radius 2 is 1.50 bits per heavy atom. The number of rotatable bonds is 12. The molecule has 0 heterocycles. The first-order chi connectivity index (χ1) is 19.9. The molecule has 0 aliphatic heterocycles. The number of ether oxygens (including phenoxy) is 3. The maximum atomic E-state index is 14.2. The number of carbonyl (C=O) groups excluding carboxylic acids is 2. The number of sulfonamides is 1. The molecule has 0 fully saturated rings. The Hall–Kier alpha value is -3.38. The Kier molecular flexibility index (Phi) is 11.2. The van der Waals surface area contributed by atoms with Gasteiger partial charge in [-0.15, -0.1) is 0 Å². The van der Waals surface area contributed by atoms with Gasteiger partial charge in [0.25, 0.3) is 10.0 Å². The van der Waals surface area contributed by atoms with Crippen molar-refractivity contribution in [3.05, 3.63) is 75.2 Å². The molecule has 2 amide bonds. The first-order valence-corrected chi connectivity index (χ1v) is 15.0. The number of hydrogen-bond acceptors (Lipinski definition) is 7. The average molecular weight is 659 g/mol. The van der Waals surface area contributed by atoms with Gasteiger partial charge in [0.15, 0.2) is 11.5 Å². The minimum Gasteiger partial charge on any atom is -0.495 e. The van der Waals surface area contributed by atoms with E-state index < -0.39 is 34.4 Å². The van der Waals surface area contributed by atoms with Crippen molar-refractivity contribution in [2.45, 2.75) is 24.4 Å². The molecule has 0 bridgehead atoms. The molecule has 0 aromatic heterocycles. The molecule has 0 radical (unpaired) electrons. The van der Waals surface area contributed by atoms with Crippen LogP contribution < -0.4 is 23.8 Å². The molecule has 3 rings (SSSR count). The molecule has 0 aliphatic rings. The number of hydrogen-bond donors (Lipinski definition) is 1. The molecular formula is C28H30Cl3N3O7S. The van der Waals surface area contributed by atoms with Crippen molar-refractivity contribution in [1.82, 2.24) is 10.2 Å². The van der Waals surface area contributed by atoms with Crippen LogP contribution in [-0.2, 0) is 26.2 Å². The SMILES string of the molecule is CNC(=O)[C@H](C)N(Cc1ccc(Cl)c(Cl)c1)C(=O)CN(c1cc(Cl)ccc1OC)S(=O)(=O)c1ccc(OC)c(OC)c1. The molecular weight excluding hydrogens is 629 g/mol. The van der Waals surface area contributed by atoms with Gasteiger partial charge < -0.3 is 24.4 Å². The van der Waals surface area contributed by atoms with Gasteiger partial charge >= 0.3 is 0 Å². The fraction of sp³-hybridized carbons (Fsp3) is 0.286. The lowest BCUT2D eigenvalue weighted by Gasteiger charge is -2.32. The second kappa shape index (κ2) is 14.2. The molecule has 10 nitrogen and oxygen atoms in total. The van der Waals surface area contributed by atoms with Crippen molar-refractivity contribution in [2.24, 2.45) is 0 Å². The van der Waals surface area contributed by atoms with E-state index in [1.54, 1.807) is 18.2 Å². The van der Waals surface area contributed by atoms with E-state index in [0.29, 0.717) is 16.3 Å². The molecule has 0 aliphatic carbocycles. The molecule has 226 valence electrons. The third kappa shape index (κ3) is 7.33. The van der Waals surface area contributed by atoms with Gasteiger partial charge in [-0.25, -0.2) is 8.42 Å². The minimum absolute atomic E-state index is 0.00946. The summed E-state index contributed by atoms with van der Waals surface area (Å²) in [4.78, 5) is 27.7. The van der Waals surface area contributed by atoms with Gasteiger partial charge in [0.2, 0.25) is 11.8 Å². The fourth-order valence-corrected chi connectivity index (χ4v) is 6.02. The monoisotopic (exact) mass is 657 g/mol. The maximum Gasteiger partial charge on any atom is 0.265 e. The lowest BCUT2D eigenvalue weighted by molar-refractivity contribution is -0.139. The van der Waals surface area contributed by atoms with Crippen LogP contribution >= 0.6 is 34.8 Å². The highest BCUT2D eigenvalue weighted by atomic mass is 35.5. The normalized spacial score (nSPS) is 11.8. The van der Waals surface area contributed by atoms with E-state index in [4.69, 9.17) is 49.0 Å². The van der Waals surface area contributed by atoms with E-state index in [9.17, 15) is 18.0 Å². The number of carbonyl (C=O) groups is 2. The van der Waals surface area contributed by atoms with Crippen molar-refractivity contribution < 1.29 is 32.2 Å². The van der Waals surface area contributed by atoms with E-state index in [-0.39, 0.29) is 38.7 Å². The van der Waals surface area contributed by atoms with Crippen LogP contribution in [0.2, 0.25) is 15.1 Å². The zero-order valence-electron chi connectivity index (χ0n) is 23.5. The van der Waals surface area contributed by atoms with Gasteiger partial charge in [0, 0.05) is 24.7 Å². The highest BCUT2D eigenvalue weighted by Gasteiger charge is 2.34. The summed E-state index contributed by atoms with van der Waals surface area (Å²) in [6.07, 6.45) is 0. The molecule has 1 atom stereocenters. The number of methoxy groups -OCH3 is 3. The standard InChI is InChI=1S/C28H30Cl3N3O7S/c1-17(28(36)32-2)33(15-18-6-9-21(30)22(31)12-18)27(35)16-34(23-13-19(29)7-10-24(23)39-3)42(37,38)20-8-11-25(40-4)26(14-20)41-5/h6-14,17H,15-16H2,1-5H3,(H,32,36)/t17-/m0/s1. The lowest BCUT2D eigenvalue weighted by atomic mass is 10.1. The summed E-state index contributed by atoms with van der Waals surface area (Å²) in [7, 11) is 1.14. The van der Waals surface area contributed by atoms with Gasteiger partial charge in [-0.05, 0) is 55.0 Å². The lowest BCUT2D eigenvalue weighted by Crippen LogP contribution is -2.50. The molecule has 3 aromatic carbocycles. The summed E-state index contributed by atoms with van der Waals surface area (Å²) in [5, 5.41) is 3.30. The summed E-state index contributed by atoms with van der Waals surface area (Å²) in [6.45, 7) is 0.749. The van der Waals surface area contributed by atoms with Crippen molar-refractivity contribution in [3.63, 3.8) is 0 Å². The highest BCUT2D eigenvalue weighted by molar-refractivity contribution is 7.92. The van der Waals surface area contributed by atoms with Crippen LogP contribution in [0.15, 0.2) is 59.5 Å². The van der Waals surface area contributed by atoms with Crippen molar-refractivity contribution in [2.75, 3.05) is 39.2 Å². The van der Waals surface area contributed by atoms with Crippen LogP contribution in [0.25, 0.3) is 0 Å². The van der Waals surface area contributed by atoms with Gasteiger partial charge in [-0.3, -0.25) is 13.9 Å². The topological polar surface area (TPSA) is 114 Å². The molecule has 0 saturated carbocycles. The summed E-state index contributed by atoms with van der Waals surface area (Å²) in [6, 6.07) is 12.2. The van der Waals surface area contributed by atoms with E-state index in [2.05, 4.69) is 5.32 Å². The van der Waals surface area contributed by atoms with Crippen LogP contribution in [0.5, 0.6) is 17.2 Å². The van der Waals surface area contributed by atoms with Crippen molar-refractivity contribution in [3.8, 4) is 17.2 Å². The van der Waals surface area contributed by atoms with Gasteiger partial charge in [0.1, 0.15) is 18.3 Å². The Morgan fingerprint density at radius 1 is 0.857 bits per heavy atom. The predicted octanol–water partition coefficient (Wildman–Crippen LogP) is 5.03. The maximum absolute atomic E-state index is 14.2. The summed E-state index contributed by atoms with van der Waals surface area (Å²) >= 11 is 18.5. The minimum atomic E-state index is -4.45. The molecule has 3 aromatic rings. The Balaban J connectivity index is 2.16. The second-order valence-corrected chi connectivity index (χ2v) is 12.0. The first-order valence-electron chi connectivity index (χ1n) is 12.4. The number of likely N-dealkylation sites (N-methyl/N-ethyl adjacent to an activating group) is 1. The van der Waals surface area contributed by atoms with Crippen LogP contribution in [0.1, 0.15) is 12.5 Å². The predicted molar refractivity (Wildman–Crippen MR) is 163 cm³/mol. The molecule has 0 spiro atoms. The van der Waals surface area contributed by atoms with Crippen molar-refractivity contribution in [1.29, 1.82) is 0 Å². The second-order valence-electron chi connectivity index (χ2n) is 8.90. The van der Waals surface area contributed by atoms with Crippen LogP contribution in [-0.4, -0.2) is 66.1 Å².